The van der Waals surface area contributed by atoms with E-state index in [2.05, 4.69) is 5.32 Å². The van der Waals surface area contributed by atoms with Crippen LogP contribution in [0.5, 0.6) is 11.5 Å². The van der Waals surface area contributed by atoms with Crippen molar-refractivity contribution in [3.8, 4) is 11.5 Å². The summed E-state index contributed by atoms with van der Waals surface area (Å²) in [6.45, 7) is 0. The fourth-order valence-corrected chi connectivity index (χ4v) is 2.11. The predicted molar refractivity (Wildman–Crippen MR) is 65.9 cm³/mol. The van der Waals surface area contributed by atoms with Crippen LogP contribution in [0.25, 0.3) is 0 Å². The van der Waals surface area contributed by atoms with Crippen molar-refractivity contribution < 1.29 is 19.4 Å². The van der Waals surface area contributed by atoms with Gasteiger partial charge in [-0.15, -0.1) is 0 Å². The molecule has 0 aromatic heterocycles. The number of hydrogen-bond donors (Lipinski definition) is 2. The zero-order valence-corrected chi connectivity index (χ0v) is 10.7. The Bertz CT molecular complexity index is 397. The Kier molecular flexibility index (Phi) is 5.11. The van der Waals surface area contributed by atoms with Gasteiger partial charge in [-0.2, -0.15) is 0 Å². The molecule has 0 radical (unpaired) electrons. The summed E-state index contributed by atoms with van der Waals surface area (Å²) < 4.78 is 10.3. The standard InChI is InChI=1S/C11H15NO4S/c1-12-10(11(13)14)17-9-5-4-7(15-2)6-8(9)16-3/h4-6,10,12H,1-3H3,(H,13,14). The zero-order valence-electron chi connectivity index (χ0n) is 9.89. The number of rotatable bonds is 6. The van der Waals surface area contributed by atoms with Crippen molar-refractivity contribution >= 4 is 17.7 Å². The molecule has 1 unspecified atom stereocenters. The van der Waals surface area contributed by atoms with Crippen LogP contribution >= 0.6 is 11.8 Å². The number of thioether (sulfide) groups is 1. The quantitative estimate of drug-likeness (QED) is 0.593. The fourth-order valence-electron chi connectivity index (χ4n) is 1.23. The van der Waals surface area contributed by atoms with E-state index in [4.69, 9.17) is 14.6 Å². The second-order valence-corrected chi connectivity index (χ2v) is 4.29. The number of carboxylic acids is 1. The van der Waals surface area contributed by atoms with E-state index in [9.17, 15) is 4.79 Å². The maximum absolute atomic E-state index is 10.9. The first-order valence-electron chi connectivity index (χ1n) is 4.91. The number of methoxy groups -OCH3 is 2. The van der Waals surface area contributed by atoms with Crippen molar-refractivity contribution in [1.82, 2.24) is 5.32 Å². The van der Waals surface area contributed by atoms with Crippen LogP contribution < -0.4 is 14.8 Å². The average molecular weight is 257 g/mol. The number of aliphatic carboxylic acids is 1. The number of carbonyl (C=O) groups is 1. The third-order valence-electron chi connectivity index (χ3n) is 2.10. The van der Waals surface area contributed by atoms with Crippen molar-refractivity contribution in [2.45, 2.75) is 10.3 Å². The molecule has 5 nitrogen and oxygen atoms in total. The molecule has 0 saturated heterocycles. The van der Waals surface area contributed by atoms with Crippen LogP contribution in [-0.2, 0) is 4.79 Å². The summed E-state index contributed by atoms with van der Waals surface area (Å²) in [5.41, 5.74) is 0. The van der Waals surface area contributed by atoms with Gasteiger partial charge >= 0.3 is 5.97 Å². The number of hydrogen-bond acceptors (Lipinski definition) is 5. The van der Waals surface area contributed by atoms with E-state index in [1.807, 2.05) is 0 Å². The number of nitrogens with one attached hydrogen (secondary N) is 1. The second-order valence-electron chi connectivity index (χ2n) is 3.14. The fraction of sp³-hybridized carbons (Fsp3) is 0.364. The molecule has 94 valence electrons. The summed E-state index contributed by atoms with van der Waals surface area (Å²) in [5.74, 6) is 0.341. The first-order valence-corrected chi connectivity index (χ1v) is 5.79. The van der Waals surface area contributed by atoms with Gasteiger partial charge in [0.05, 0.1) is 19.1 Å². The smallest absolute Gasteiger partial charge is 0.331 e. The van der Waals surface area contributed by atoms with E-state index in [0.717, 1.165) is 4.90 Å². The molecule has 0 aliphatic rings. The van der Waals surface area contributed by atoms with Crippen LogP contribution in [-0.4, -0.2) is 37.7 Å². The third-order valence-corrected chi connectivity index (χ3v) is 3.37. The molecule has 17 heavy (non-hydrogen) atoms. The molecule has 0 aliphatic carbocycles. The lowest BCUT2D eigenvalue weighted by molar-refractivity contribution is -0.136. The SMILES string of the molecule is CNC(Sc1ccc(OC)cc1OC)C(=O)O. The van der Waals surface area contributed by atoms with E-state index < -0.39 is 11.3 Å². The van der Waals surface area contributed by atoms with Crippen molar-refractivity contribution in [2.24, 2.45) is 0 Å². The van der Waals surface area contributed by atoms with Crippen LogP contribution in [0.15, 0.2) is 23.1 Å². The molecule has 2 N–H and O–H groups in total. The van der Waals surface area contributed by atoms with E-state index in [0.29, 0.717) is 11.5 Å². The molecular weight excluding hydrogens is 242 g/mol. The van der Waals surface area contributed by atoms with Crippen LogP contribution in [0.1, 0.15) is 0 Å². The van der Waals surface area contributed by atoms with Gasteiger partial charge in [0.25, 0.3) is 0 Å². The van der Waals surface area contributed by atoms with Gasteiger partial charge < -0.3 is 14.6 Å². The highest BCUT2D eigenvalue weighted by Gasteiger charge is 2.18. The molecule has 0 aliphatic heterocycles. The lowest BCUT2D eigenvalue weighted by atomic mass is 10.3. The van der Waals surface area contributed by atoms with Crippen LogP contribution in [0.2, 0.25) is 0 Å². The summed E-state index contributed by atoms with van der Waals surface area (Å²) >= 11 is 1.18. The van der Waals surface area contributed by atoms with Gasteiger partial charge in [0.1, 0.15) is 11.5 Å². The lowest BCUT2D eigenvalue weighted by Crippen LogP contribution is -2.30. The Morgan fingerprint density at radius 3 is 2.59 bits per heavy atom. The molecule has 0 bridgehead atoms. The minimum atomic E-state index is -0.921. The molecular formula is C11H15NO4S. The maximum Gasteiger partial charge on any atom is 0.331 e. The Labute approximate surface area is 104 Å². The lowest BCUT2D eigenvalue weighted by Gasteiger charge is -2.14. The maximum atomic E-state index is 10.9. The van der Waals surface area contributed by atoms with Crippen molar-refractivity contribution in [2.75, 3.05) is 21.3 Å². The Morgan fingerprint density at radius 1 is 1.41 bits per heavy atom. The topological polar surface area (TPSA) is 67.8 Å². The van der Waals surface area contributed by atoms with E-state index >= 15 is 0 Å². The molecule has 1 aromatic rings. The molecule has 6 heteroatoms. The Hall–Kier alpha value is -1.40. The Morgan fingerprint density at radius 2 is 2.12 bits per heavy atom. The minimum Gasteiger partial charge on any atom is -0.497 e. The van der Waals surface area contributed by atoms with Crippen molar-refractivity contribution in [3.63, 3.8) is 0 Å². The number of benzene rings is 1. The van der Waals surface area contributed by atoms with Gasteiger partial charge in [-0.3, -0.25) is 5.32 Å². The summed E-state index contributed by atoms with van der Waals surface area (Å²) in [7, 11) is 4.70. The first kappa shape index (κ1) is 13.7. The van der Waals surface area contributed by atoms with Crippen LogP contribution in [0.4, 0.5) is 0 Å². The Balaban J connectivity index is 2.93. The van der Waals surface area contributed by atoms with Crippen LogP contribution in [0.3, 0.4) is 0 Å². The van der Waals surface area contributed by atoms with Gasteiger partial charge in [-0.05, 0) is 19.2 Å². The summed E-state index contributed by atoms with van der Waals surface area (Å²) in [5, 5.41) is 10.9. The molecule has 0 saturated carbocycles. The van der Waals surface area contributed by atoms with Crippen molar-refractivity contribution in [3.05, 3.63) is 18.2 Å². The third kappa shape index (κ3) is 3.54. The number of carboxylic acid groups (broad SMARTS) is 1. The van der Waals surface area contributed by atoms with Crippen molar-refractivity contribution in [1.29, 1.82) is 0 Å². The van der Waals surface area contributed by atoms with Gasteiger partial charge in [-0.25, -0.2) is 4.79 Å². The molecule has 1 aromatic carbocycles. The number of likely N-dealkylation sites (N-methyl/N-ethyl adjacent to an activating group) is 1. The summed E-state index contributed by atoms with van der Waals surface area (Å²) in [6, 6.07) is 5.26. The highest BCUT2D eigenvalue weighted by molar-refractivity contribution is 8.00. The second kappa shape index (κ2) is 6.36. The van der Waals surface area contributed by atoms with E-state index in [1.165, 1.54) is 18.9 Å². The number of ether oxygens (including phenoxy) is 2. The minimum absolute atomic E-state index is 0.593. The highest BCUT2D eigenvalue weighted by atomic mass is 32.2. The molecule has 0 amide bonds. The normalized spacial score (nSPS) is 11.9. The average Bonchev–Trinajstić information content (AvgIpc) is 2.35. The largest absolute Gasteiger partial charge is 0.497 e. The highest BCUT2D eigenvalue weighted by Crippen LogP contribution is 2.34. The predicted octanol–water partition coefficient (Wildman–Crippen LogP) is 1.43. The zero-order chi connectivity index (χ0) is 12.8. The van der Waals surface area contributed by atoms with Gasteiger partial charge in [0.15, 0.2) is 5.37 Å². The summed E-state index contributed by atoms with van der Waals surface area (Å²) in [6.07, 6.45) is 0. The molecule has 1 atom stereocenters. The molecule has 0 spiro atoms. The van der Waals surface area contributed by atoms with Gasteiger partial charge in [0, 0.05) is 6.07 Å². The molecule has 0 fully saturated rings. The summed E-state index contributed by atoms with van der Waals surface area (Å²) in [4.78, 5) is 11.7. The van der Waals surface area contributed by atoms with E-state index in [1.54, 1.807) is 32.4 Å². The monoisotopic (exact) mass is 257 g/mol. The van der Waals surface area contributed by atoms with Crippen LogP contribution in [0, 0.1) is 0 Å². The first-order chi connectivity index (χ1) is 8.12. The molecule has 1 rings (SSSR count). The molecule has 0 heterocycles. The van der Waals surface area contributed by atoms with E-state index in [-0.39, 0.29) is 0 Å². The van der Waals surface area contributed by atoms with Gasteiger partial charge in [0.2, 0.25) is 0 Å². The van der Waals surface area contributed by atoms with Gasteiger partial charge in [-0.1, -0.05) is 11.8 Å².